The van der Waals surface area contributed by atoms with Crippen LogP contribution in [0.1, 0.15) is 36.1 Å². The molecule has 0 nitrogen and oxygen atoms in total. The van der Waals surface area contributed by atoms with E-state index in [0.717, 1.165) is 0 Å². The number of allylic oxidation sites excluding steroid dienone is 10. The summed E-state index contributed by atoms with van der Waals surface area (Å²) in [7, 11) is 0. The first kappa shape index (κ1) is 15.0. The molecule has 0 heterocycles. The van der Waals surface area contributed by atoms with E-state index in [4.69, 9.17) is 0 Å². The summed E-state index contributed by atoms with van der Waals surface area (Å²) in [4.78, 5) is 0. The van der Waals surface area contributed by atoms with Crippen LogP contribution in [-0.2, 0) is 0 Å². The number of hydrogen-bond donors (Lipinski definition) is 0. The van der Waals surface area contributed by atoms with Crippen LogP contribution in [-0.4, -0.2) is 0 Å². The van der Waals surface area contributed by atoms with E-state index in [1.807, 2.05) is 0 Å². The maximum Gasteiger partial charge on any atom is 0.0634 e. The lowest BCUT2D eigenvalue weighted by Crippen LogP contribution is -2.31. The topological polar surface area (TPSA) is 0 Å². The van der Waals surface area contributed by atoms with Crippen molar-refractivity contribution in [2.45, 2.75) is 13.8 Å². The predicted molar refractivity (Wildman–Crippen MR) is 115 cm³/mol. The molecule has 6 rings (SSSR count). The fraction of sp³-hybridized carbons (Fsp3) is 0.111. The van der Waals surface area contributed by atoms with Crippen LogP contribution < -0.4 is 0 Å². The largest absolute Gasteiger partial charge is 0.0634 e. The first-order valence-electron chi connectivity index (χ1n) is 9.63. The van der Waals surface area contributed by atoms with Gasteiger partial charge in [0.25, 0.3) is 0 Å². The Hall–Kier alpha value is -3.12. The minimum atomic E-state index is -0.161. The maximum atomic E-state index is 2.42. The van der Waals surface area contributed by atoms with E-state index in [9.17, 15) is 0 Å². The lowest BCUT2D eigenvalue weighted by Gasteiger charge is -2.44. The zero-order valence-corrected chi connectivity index (χ0v) is 15.6. The van der Waals surface area contributed by atoms with Crippen molar-refractivity contribution >= 4 is 23.3 Å². The van der Waals surface area contributed by atoms with E-state index in [1.54, 1.807) is 0 Å². The molecule has 0 saturated carbocycles. The highest BCUT2D eigenvalue weighted by molar-refractivity contribution is 6.06. The fourth-order valence-electron chi connectivity index (χ4n) is 5.45. The molecule has 0 aliphatic heterocycles. The second-order valence-electron chi connectivity index (χ2n) is 7.90. The zero-order chi connectivity index (χ0) is 18.2. The number of fused-ring (bicyclic) bond motifs is 8. The molecule has 2 aromatic rings. The van der Waals surface area contributed by atoms with E-state index in [-0.39, 0.29) is 5.41 Å². The van der Waals surface area contributed by atoms with Gasteiger partial charge in [-0.2, -0.15) is 0 Å². The molecule has 27 heavy (non-hydrogen) atoms. The maximum absolute atomic E-state index is 2.42. The van der Waals surface area contributed by atoms with Crippen molar-refractivity contribution in [2.24, 2.45) is 5.41 Å². The number of rotatable bonds is 0. The van der Waals surface area contributed by atoms with Crippen LogP contribution in [0.15, 0.2) is 95.1 Å². The van der Waals surface area contributed by atoms with Crippen LogP contribution in [0.3, 0.4) is 0 Å². The van der Waals surface area contributed by atoms with E-state index >= 15 is 0 Å². The molecule has 4 aliphatic carbocycles. The molecule has 0 saturated heterocycles. The first-order valence-corrected chi connectivity index (χ1v) is 9.63. The Kier molecular flexibility index (Phi) is 2.77. The molecule has 4 aliphatic rings. The van der Waals surface area contributed by atoms with Gasteiger partial charge in [0.05, 0.1) is 5.41 Å². The Balaban J connectivity index is 1.66. The van der Waals surface area contributed by atoms with Crippen LogP contribution in [0.4, 0.5) is 0 Å². The van der Waals surface area contributed by atoms with Crippen molar-refractivity contribution in [3.63, 3.8) is 0 Å². The molecule has 1 spiro atoms. The molecule has 0 unspecified atom stereocenters. The van der Waals surface area contributed by atoms with E-state index in [1.165, 1.54) is 55.7 Å². The molecule has 0 atom stereocenters. The number of hydrogen-bond acceptors (Lipinski definition) is 0. The van der Waals surface area contributed by atoms with Crippen molar-refractivity contribution in [2.75, 3.05) is 0 Å². The lowest BCUT2D eigenvalue weighted by molar-refractivity contribution is 0.646. The van der Waals surface area contributed by atoms with E-state index in [2.05, 4.69) is 98.8 Å². The standard InChI is InChI=1S/C27H20/c1-17-11-13-23-21-9-5-3-7-19(21)15-25(23)27(17)18(2)12-14-24-22-10-6-4-8-20(22)16-26(24)27/h3-16H,1-2H3. The Bertz CT molecular complexity index is 1120. The Morgan fingerprint density at radius 3 is 1.48 bits per heavy atom. The molecule has 128 valence electrons. The van der Waals surface area contributed by atoms with Gasteiger partial charge < -0.3 is 0 Å². The minimum Gasteiger partial charge on any atom is -0.0616 e. The molecule has 0 N–H and O–H groups in total. The zero-order valence-electron chi connectivity index (χ0n) is 15.6. The monoisotopic (exact) mass is 344 g/mol. The van der Waals surface area contributed by atoms with Crippen LogP contribution >= 0.6 is 0 Å². The van der Waals surface area contributed by atoms with Crippen molar-refractivity contribution in [3.05, 3.63) is 117 Å². The third-order valence-corrected chi connectivity index (χ3v) is 6.67. The van der Waals surface area contributed by atoms with Gasteiger partial charge in [0.15, 0.2) is 0 Å². The van der Waals surface area contributed by atoms with Crippen molar-refractivity contribution < 1.29 is 0 Å². The average molecular weight is 344 g/mol. The summed E-state index contributed by atoms with van der Waals surface area (Å²) < 4.78 is 0. The van der Waals surface area contributed by atoms with E-state index < -0.39 is 0 Å². The van der Waals surface area contributed by atoms with Gasteiger partial charge in [0.2, 0.25) is 0 Å². The predicted octanol–water partition coefficient (Wildman–Crippen LogP) is 6.85. The van der Waals surface area contributed by atoms with Gasteiger partial charge in [-0.15, -0.1) is 0 Å². The Morgan fingerprint density at radius 1 is 0.556 bits per heavy atom. The molecular weight excluding hydrogens is 324 g/mol. The normalized spacial score (nSPS) is 20.4. The molecule has 0 radical (unpaired) electrons. The Morgan fingerprint density at radius 2 is 1.00 bits per heavy atom. The van der Waals surface area contributed by atoms with Crippen LogP contribution in [0.2, 0.25) is 0 Å². The third-order valence-electron chi connectivity index (χ3n) is 6.67. The summed E-state index contributed by atoms with van der Waals surface area (Å²) in [5.41, 5.74) is 13.7. The molecule has 0 amide bonds. The quantitative estimate of drug-likeness (QED) is 0.490. The highest BCUT2D eigenvalue weighted by Gasteiger charge is 2.49. The highest BCUT2D eigenvalue weighted by atomic mass is 14.5. The van der Waals surface area contributed by atoms with Gasteiger partial charge in [-0.05, 0) is 70.5 Å². The van der Waals surface area contributed by atoms with Gasteiger partial charge >= 0.3 is 0 Å². The summed E-state index contributed by atoms with van der Waals surface area (Å²) in [5.74, 6) is 0. The van der Waals surface area contributed by atoms with Crippen molar-refractivity contribution in [1.29, 1.82) is 0 Å². The summed E-state index contributed by atoms with van der Waals surface area (Å²) >= 11 is 0. The van der Waals surface area contributed by atoms with Gasteiger partial charge in [0.1, 0.15) is 0 Å². The SMILES string of the molecule is CC1=CC=C2C(=Cc3ccccc32)C12C(C)=CC=C1C2=Cc2ccccc21. The van der Waals surface area contributed by atoms with Gasteiger partial charge in [0, 0.05) is 0 Å². The molecule has 0 bridgehead atoms. The highest BCUT2D eigenvalue weighted by Crippen LogP contribution is 2.63. The smallest absolute Gasteiger partial charge is 0.0616 e. The summed E-state index contributed by atoms with van der Waals surface area (Å²) in [6, 6.07) is 17.6. The summed E-state index contributed by atoms with van der Waals surface area (Å²) in [5, 5.41) is 0. The van der Waals surface area contributed by atoms with E-state index in [0.29, 0.717) is 0 Å². The first-order chi connectivity index (χ1) is 13.2. The van der Waals surface area contributed by atoms with Gasteiger partial charge in [-0.25, -0.2) is 0 Å². The van der Waals surface area contributed by atoms with Crippen molar-refractivity contribution in [1.82, 2.24) is 0 Å². The fourth-order valence-corrected chi connectivity index (χ4v) is 5.45. The molecule has 2 aromatic carbocycles. The average Bonchev–Trinajstić information content (AvgIpc) is 3.25. The lowest BCUT2D eigenvalue weighted by atomic mass is 9.58. The third kappa shape index (κ3) is 1.69. The molecular formula is C27H20. The second kappa shape index (κ2) is 4.98. The second-order valence-corrected chi connectivity index (χ2v) is 7.90. The molecule has 0 fully saturated rings. The van der Waals surface area contributed by atoms with Gasteiger partial charge in [-0.3, -0.25) is 0 Å². The van der Waals surface area contributed by atoms with Crippen molar-refractivity contribution in [3.8, 4) is 0 Å². The molecule has 0 aromatic heterocycles. The summed E-state index contributed by atoms with van der Waals surface area (Å²) in [6.07, 6.45) is 14.1. The minimum absolute atomic E-state index is 0.161. The van der Waals surface area contributed by atoms with Gasteiger partial charge in [-0.1, -0.05) is 84.0 Å². The summed E-state index contributed by atoms with van der Waals surface area (Å²) in [6.45, 7) is 4.59. The van der Waals surface area contributed by atoms with Crippen LogP contribution in [0.25, 0.3) is 23.3 Å². The number of benzene rings is 2. The molecule has 0 heteroatoms. The van der Waals surface area contributed by atoms with Crippen LogP contribution in [0, 0.1) is 5.41 Å². The Labute approximate surface area is 160 Å². The van der Waals surface area contributed by atoms with Crippen LogP contribution in [0.5, 0.6) is 0 Å².